The van der Waals surface area contributed by atoms with Crippen molar-refractivity contribution in [1.29, 1.82) is 0 Å². The smallest absolute Gasteiger partial charge is 0.324 e. The molecule has 78 valence electrons. The predicted octanol–water partition coefficient (Wildman–Crippen LogP) is 0.690. The molecule has 0 radical (unpaired) electrons. The summed E-state index contributed by atoms with van der Waals surface area (Å²) in [7, 11) is 9.15. The molecule has 1 aromatic heterocycles. The Morgan fingerprint density at radius 2 is 1.71 bits per heavy atom. The van der Waals surface area contributed by atoms with Crippen molar-refractivity contribution < 1.29 is 9.47 Å². The molecular formula is C9H16N3O2+. The summed E-state index contributed by atoms with van der Waals surface area (Å²) in [5.74, 6) is 1.36. The second kappa shape index (κ2) is 3.79. The van der Waals surface area contributed by atoms with Crippen LogP contribution in [0.3, 0.4) is 0 Å². The highest BCUT2D eigenvalue weighted by Gasteiger charge is 2.17. The zero-order valence-corrected chi connectivity index (χ0v) is 9.24. The maximum atomic E-state index is 5.05. The van der Waals surface area contributed by atoms with Gasteiger partial charge in [-0.1, -0.05) is 0 Å². The number of nitrogens with zero attached hydrogens (tertiary/aromatic N) is 3. The van der Waals surface area contributed by atoms with Gasteiger partial charge in [-0.3, -0.25) is 4.48 Å². The molecule has 0 saturated carbocycles. The molecule has 1 heterocycles. The highest BCUT2D eigenvalue weighted by molar-refractivity contribution is 5.37. The third kappa shape index (κ3) is 2.32. The Labute approximate surface area is 83.9 Å². The minimum absolute atomic E-state index is 0.326. The summed E-state index contributed by atoms with van der Waals surface area (Å²) < 4.78 is 10.6. The number of hydrogen-bond acceptors (Lipinski definition) is 4. The molecule has 0 aliphatic heterocycles. The lowest BCUT2D eigenvalue weighted by molar-refractivity contribution is 0.344. The highest BCUT2D eigenvalue weighted by Crippen LogP contribution is 2.21. The van der Waals surface area contributed by atoms with Gasteiger partial charge in [-0.25, -0.2) is 0 Å². The average Bonchev–Trinajstić information content (AvgIpc) is 2.15. The Balaban J connectivity index is 3.17. The van der Waals surface area contributed by atoms with E-state index >= 15 is 0 Å². The first-order valence-electron chi connectivity index (χ1n) is 4.26. The molecule has 0 aliphatic rings. The molecule has 5 nitrogen and oxygen atoms in total. The van der Waals surface area contributed by atoms with Crippen LogP contribution in [-0.2, 0) is 0 Å². The Kier molecular flexibility index (Phi) is 2.90. The molecule has 0 atom stereocenters. The number of methoxy groups -OCH3 is 2. The highest BCUT2D eigenvalue weighted by atomic mass is 16.5. The SMILES string of the molecule is COc1cc([N+](C)(C)C)nc(OC)n1. The summed E-state index contributed by atoms with van der Waals surface area (Å²) in [5, 5.41) is 0. The minimum Gasteiger partial charge on any atom is -0.481 e. The maximum absolute atomic E-state index is 5.05. The topological polar surface area (TPSA) is 44.2 Å². The van der Waals surface area contributed by atoms with Crippen LogP contribution < -0.4 is 14.0 Å². The van der Waals surface area contributed by atoms with Gasteiger partial charge in [0.2, 0.25) is 11.7 Å². The first-order chi connectivity index (χ1) is 6.47. The van der Waals surface area contributed by atoms with Gasteiger partial charge in [0.25, 0.3) is 0 Å². The van der Waals surface area contributed by atoms with E-state index < -0.39 is 0 Å². The quantitative estimate of drug-likeness (QED) is 0.670. The van der Waals surface area contributed by atoms with Crippen LogP contribution in [0.5, 0.6) is 11.9 Å². The van der Waals surface area contributed by atoms with Gasteiger partial charge in [0.05, 0.1) is 41.4 Å². The average molecular weight is 198 g/mol. The Bertz CT molecular complexity index is 298. The van der Waals surface area contributed by atoms with E-state index in [1.807, 2.05) is 21.1 Å². The normalized spacial score (nSPS) is 11.2. The summed E-state index contributed by atoms with van der Waals surface area (Å²) >= 11 is 0. The van der Waals surface area contributed by atoms with E-state index in [0.29, 0.717) is 16.4 Å². The molecule has 5 heteroatoms. The molecule has 0 aromatic carbocycles. The van der Waals surface area contributed by atoms with Gasteiger partial charge in [0.1, 0.15) is 0 Å². The van der Waals surface area contributed by atoms with E-state index in [1.165, 1.54) is 7.11 Å². The second-order valence-electron chi connectivity index (χ2n) is 3.77. The predicted molar refractivity (Wildman–Crippen MR) is 54.7 cm³/mol. The molecule has 1 aromatic rings. The van der Waals surface area contributed by atoms with Crippen LogP contribution in [0, 0.1) is 0 Å². The van der Waals surface area contributed by atoms with Gasteiger partial charge in [-0.15, -0.1) is 4.98 Å². The summed E-state index contributed by atoms with van der Waals surface area (Å²) in [4.78, 5) is 8.25. The van der Waals surface area contributed by atoms with Crippen molar-refractivity contribution in [2.75, 3.05) is 35.4 Å². The van der Waals surface area contributed by atoms with E-state index in [9.17, 15) is 0 Å². The Morgan fingerprint density at radius 3 is 2.14 bits per heavy atom. The number of ether oxygens (including phenoxy) is 2. The van der Waals surface area contributed by atoms with Crippen LogP contribution in [0.25, 0.3) is 0 Å². The van der Waals surface area contributed by atoms with Crippen molar-refractivity contribution >= 4 is 5.82 Å². The van der Waals surface area contributed by atoms with Crippen LogP contribution >= 0.6 is 0 Å². The van der Waals surface area contributed by atoms with Crippen LogP contribution in [-0.4, -0.2) is 45.3 Å². The standard InChI is InChI=1S/C9H16N3O2/c1-12(2,3)7-6-8(13-4)11-9(10-7)14-5/h6H,1-5H3/q+1. The molecule has 0 saturated heterocycles. The molecule has 14 heavy (non-hydrogen) atoms. The van der Waals surface area contributed by atoms with Crippen LogP contribution in [0.15, 0.2) is 6.07 Å². The maximum Gasteiger partial charge on any atom is 0.324 e. The minimum atomic E-state index is 0.326. The molecule has 0 aliphatic carbocycles. The molecule has 0 fully saturated rings. The van der Waals surface area contributed by atoms with Gasteiger partial charge < -0.3 is 9.47 Å². The number of hydrogen-bond donors (Lipinski definition) is 0. The lowest BCUT2D eigenvalue weighted by atomic mass is 10.5. The van der Waals surface area contributed by atoms with Crippen LogP contribution in [0.1, 0.15) is 0 Å². The third-order valence-corrected chi connectivity index (χ3v) is 1.75. The Morgan fingerprint density at radius 1 is 1.07 bits per heavy atom. The number of rotatable bonds is 3. The molecule has 0 spiro atoms. The van der Waals surface area contributed by atoms with E-state index in [4.69, 9.17) is 9.47 Å². The van der Waals surface area contributed by atoms with Crippen LogP contribution in [0.2, 0.25) is 0 Å². The van der Waals surface area contributed by atoms with E-state index in [0.717, 1.165) is 5.82 Å². The molecule has 1 rings (SSSR count). The lowest BCUT2D eigenvalue weighted by Gasteiger charge is -2.22. The molecule has 0 N–H and O–H groups in total. The zero-order valence-electron chi connectivity index (χ0n) is 9.24. The third-order valence-electron chi connectivity index (χ3n) is 1.75. The molecule has 0 unspecified atom stereocenters. The van der Waals surface area contributed by atoms with Crippen molar-refractivity contribution in [3.63, 3.8) is 0 Å². The summed E-state index contributed by atoms with van der Waals surface area (Å²) in [5.41, 5.74) is 0. The molecule has 0 amide bonds. The van der Waals surface area contributed by atoms with Gasteiger partial charge >= 0.3 is 6.01 Å². The molecular weight excluding hydrogens is 182 g/mol. The van der Waals surface area contributed by atoms with Crippen LogP contribution in [0.4, 0.5) is 5.82 Å². The number of quaternary nitrogens is 1. The summed E-state index contributed by atoms with van der Waals surface area (Å²) in [6, 6.07) is 2.12. The van der Waals surface area contributed by atoms with Crippen molar-refractivity contribution in [2.45, 2.75) is 0 Å². The lowest BCUT2D eigenvalue weighted by Crippen LogP contribution is -2.35. The van der Waals surface area contributed by atoms with Gasteiger partial charge in [0, 0.05) is 0 Å². The second-order valence-corrected chi connectivity index (χ2v) is 3.77. The number of aromatic nitrogens is 2. The van der Waals surface area contributed by atoms with Crippen molar-refractivity contribution in [2.24, 2.45) is 0 Å². The van der Waals surface area contributed by atoms with Gasteiger partial charge in [-0.2, -0.15) is 4.98 Å². The van der Waals surface area contributed by atoms with Gasteiger partial charge in [-0.05, 0) is 0 Å². The fraction of sp³-hybridized carbons (Fsp3) is 0.556. The van der Waals surface area contributed by atoms with Gasteiger partial charge in [0.15, 0.2) is 0 Å². The first kappa shape index (κ1) is 10.7. The van der Waals surface area contributed by atoms with Crippen molar-refractivity contribution in [3.8, 4) is 11.9 Å². The fourth-order valence-electron chi connectivity index (χ4n) is 0.932. The van der Waals surface area contributed by atoms with E-state index in [2.05, 4.69) is 9.97 Å². The van der Waals surface area contributed by atoms with E-state index in [1.54, 1.807) is 13.2 Å². The van der Waals surface area contributed by atoms with Crippen molar-refractivity contribution in [3.05, 3.63) is 6.07 Å². The largest absolute Gasteiger partial charge is 0.481 e. The zero-order chi connectivity index (χ0) is 10.8. The van der Waals surface area contributed by atoms with Crippen molar-refractivity contribution in [1.82, 2.24) is 14.5 Å². The Hall–Kier alpha value is -1.36. The van der Waals surface area contributed by atoms with E-state index in [-0.39, 0.29) is 0 Å². The first-order valence-corrected chi connectivity index (χ1v) is 4.26. The molecule has 0 bridgehead atoms. The summed E-state index contributed by atoms with van der Waals surface area (Å²) in [6.45, 7) is 0. The summed E-state index contributed by atoms with van der Waals surface area (Å²) in [6.07, 6.45) is 0. The monoisotopic (exact) mass is 198 g/mol. The fourth-order valence-corrected chi connectivity index (χ4v) is 0.932.